The Labute approximate surface area is 114 Å². The van der Waals surface area contributed by atoms with E-state index in [-0.39, 0.29) is 6.61 Å². The number of carboxylic acids is 1. The van der Waals surface area contributed by atoms with Gasteiger partial charge in [0, 0.05) is 6.54 Å². The zero-order chi connectivity index (χ0) is 14.6. The van der Waals surface area contributed by atoms with Crippen molar-refractivity contribution in [1.29, 1.82) is 0 Å². The minimum absolute atomic E-state index is 0.162. The maximum absolute atomic E-state index is 11.1. The smallest absolute Gasteiger partial charge is 0.312 e. The van der Waals surface area contributed by atoms with Crippen LogP contribution in [0.25, 0.3) is 0 Å². The van der Waals surface area contributed by atoms with E-state index in [1.807, 2.05) is 20.9 Å². The Hall–Kier alpha value is -1.55. The van der Waals surface area contributed by atoms with Gasteiger partial charge in [-0.2, -0.15) is 0 Å². The Kier molecular flexibility index (Phi) is 4.95. The van der Waals surface area contributed by atoms with Crippen LogP contribution in [0.2, 0.25) is 0 Å². The van der Waals surface area contributed by atoms with Crippen molar-refractivity contribution < 1.29 is 14.6 Å². The normalized spacial score (nSPS) is 11.4. The van der Waals surface area contributed by atoms with E-state index < -0.39 is 11.4 Å². The summed E-state index contributed by atoms with van der Waals surface area (Å²) in [4.78, 5) is 11.1. The largest absolute Gasteiger partial charge is 0.492 e. The predicted molar refractivity (Wildman–Crippen MR) is 75.6 cm³/mol. The molecule has 0 aliphatic rings. The second-order valence-electron chi connectivity index (χ2n) is 5.57. The summed E-state index contributed by atoms with van der Waals surface area (Å²) in [5.74, 6) is -0.0659. The first kappa shape index (κ1) is 15.5. The molecule has 1 aromatic carbocycles. The number of aliphatic carboxylic acids is 1. The summed E-state index contributed by atoms with van der Waals surface area (Å²) in [5, 5.41) is 12.2. The minimum Gasteiger partial charge on any atom is -0.492 e. The molecule has 4 nitrogen and oxygen atoms in total. The molecule has 0 saturated heterocycles. The number of hydrogen-bond donors (Lipinski definition) is 2. The van der Waals surface area contributed by atoms with Gasteiger partial charge in [-0.3, -0.25) is 4.79 Å². The summed E-state index contributed by atoms with van der Waals surface area (Å²) >= 11 is 0. The van der Waals surface area contributed by atoms with Gasteiger partial charge in [-0.1, -0.05) is 12.1 Å². The number of hydrogen-bond acceptors (Lipinski definition) is 3. The summed E-state index contributed by atoms with van der Waals surface area (Å²) in [6, 6.07) is 4.12. The average Bonchev–Trinajstić information content (AvgIpc) is 2.27. The van der Waals surface area contributed by atoms with Gasteiger partial charge in [0.15, 0.2) is 0 Å². The number of rotatable bonds is 6. The van der Waals surface area contributed by atoms with Crippen LogP contribution in [0.15, 0.2) is 12.1 Å². The number of ether oxygens (including phenoxy) is 1. The summed E-state index contributed by atoms with van der Waals surface area (Å²) in [7, 11) is 1.91. The highest BCUT2D eigenvalue weighted by Crippen LogP contribution is 2.27. The summed E-state index contributed by atoms with van der Waals surface area (Å²) in [6.45, 7) is 8.26. The van der Waals surface area contributed by atoms with Crippen LogP contribution in [-0.2, 0) is 11.3 Å². The Balaban J connectivity index is 2.88. The van der Waals surface area contributed by atoms with E-state index in [0.717, 1.165) is 23.4 Å². The molecule has 2 N–H and O–H groups in total. The van der Waals surface area contributed by atoms with E-state index >= 15 is 0 Å². The Morgan fingerprint density at radius 1 is 1.32 bits per heavy atom. The first-order valence-corrected chi connectivity index (χ1v) is 6.39. The quantitative estimate of drug-likeness (QED) is 0.829. The predicted octanol–water partition coefficient (Wildman–Crippen LogP) is 2.51. The van der Waals surface area contributed by atoms with Crippen LogP contribution in [-0.4, -0.2) is 24.7 Å². The molecule has 0 aliphatic carbocycles. The Morgan fingerprint density at radius 3 is 2.26 bits per heavy atom. The average molecular weight is 265 g/mol. The number of aryl methyl sites for hydroxylation is 2. The molecule has 1 rings (SSSR count). The SMILES string of the molecule is CNCc1cc(C)c(OCC(C)(C)C(=O)O)c(C)c1. The molecule has 0 radical (unpaired) electrons. The molecule has 0 fully saturated rings. The van der Waals surface area contributed by atoms with Crippen LogP contribution >= 0.6 is 0 Å². The van der Waals surface area contributed by atoms with E-state index in [0.29, 0.717) is 0 Å². The second-order valence-corrected chi connectivity index (χ2v) is 5.57. The van der Waals surface area contributed by atoms with E-state index in [1.165, 1.54) is 5.56 Å². The van der Waals surface area contributed by atoms with Crippen LogP contribution in [0.3, 0.4) is 0 Å². The maximum Gasteiger partial charge on any atom is 0.312 e. The van der Waals surface area contributed by atoms with Crippen LogP contribution in [0.5, 0.6) is 5.75 Å². The lowest BCUT2D eigenvalue weighted by molar-refractivity contribution is -0.148. The fraction of sp³-hybridized carbons (Fsp3) is 0.533. The molecule has 0 bridgehead atoms. The molecule has 19 heavy (non-hydrogen) atoms. The van der Waals surface area contributed by atoms with E-state index in [2.05, 4.69) is 17.4 Å². The maximum atomic E-state index is 11.1. The monoisotopic (exact) mass is 265 g/mol. The highest BCUT2D eigenvalue weighted by Gasteiger charge is 2.28. The molecule has 0 spiro atoms. The van der Waals surface area contributed by atoms with Crippen LogP contribution < -0.4 is 10.1 Å². The number of benzene rings is 1. The number of carbonyl (C=O) groups is 1. The fourth-order valence-electron chi connectivity index (χ4n) is 1.89. The first-order chi connectivity index (χ1) is 8.77. The summed E-state index contributed by atoms with van der Waals surface area (Å²) in [6.07, 6.45) is 0. The van der Waals surface area contributed by atoms with E-state index in [9.17, 15) is 4.79 Å². The molecule has 4 heteroatoms. The number of nitrogens with one attached hydrogen (secondary N) is 1. The van der Waals surface area contributed by atoms with Gasteiger partial charge in [-0.05, 0) is 51.4 Å². The third-order valence-electron chi connectivity index (χ3n) is 3.06. The zero-order valence-corrected chi connectivity index (χ0v) is 12.3. The van der Waals surface area contributed by atoms with Gasteiger partial charge >= 0.3 is 5.97 Å². The zero-order valence-electron chi connectivity index (χ0n) is 12.3. The third-order valence-corrected chi connectivity index (χ3v) is 3.06. The van der Waals surface area contributed by atoms with Crippen molar-refractivity contribution in [3.8, 4) is 5.75 Å². The number of carboxylic acid groups (broad SMARTS) is 1. The van der Waals surface area contributed by atoms with Crippen molar-refractivity contribution in [2.75, 3.05) is 13.7 Å². The summed E-state index contributed by atoms with van der Waals surface area (Å²) in [5.41, 5.74) is 2.38. The molecular formula is C15H23NO3. The van der Waals surface area contributed by atoms with Crippen molar-refractivity contribution >= 4 is 5.97 Å². The van der Waals surface area contributed by atoms with E-state index in [1.54, 1.807) is 13.8 Å². The molecule has 0 aliphatic heterocycles. The van der Waals surface area contributed by atoms with E-state index in [4.69, 9.17) is 9.84 Å². The van der Waals surface area contributed by atoms with Crippen molar-refractivity contribution in [2.45, 2.75) is 34.2 Å². The van der Waals surface area contributed by atoms with Crippen LogP contribution in [0.4, 0.5) is 0 Å². The summed E-state index contributed by atoms with van der Waals surface area (Å²) < 4.78 is 5.73. The van der Waals surface area contributed by atoms with Crippen molar-refractivity contribution in [3.05, 3.63) is 28.8 Å². The van der Waals surface area contributed by atoms with Crippen molar-refractivity contribution in [3.63, 3.8) is 0 Å². The highest BCUT2D eigenvalue weighted by atomic mass is 16.5. The van der Waals surface area contributed by atoms with Gasteiger partial charge in [0.05, 0.1) is 5.41 Å². The molecule has 0 unspecified atom stereocenters. The van der Waals surface area contributed by atoms with Crippen molar-refractivity contribution in [1.82, 2.24) is 5.32 Å². The molecule has 106 valence electrons. The van der Waals surface area contributed by atoms with Crippen LogP contribution in [0.1, 0.15) is 30.5 Å². The molecule has 0 amide bonds. The molecular weight excluding hydrogens is 242 g/mol. The first-order valence-electron chi connectivity index (χ1n) is 6.39. The molecule has 0 heterocycles. The molecule has 0 saturated carbocycles. The lowest BCUT2D eigenvalue weighted by Gasteiger charge is -2.22. The minimum atomic E-state index is -0.886. The second kappa shape index (κ2) is 6.06. The topological polar surface area (TPSA) is 58.6 Å². The third kappa shape index (κ3) is 3.96. The molecule has 0 atom stereocenters. The van der Waals surface area contributed by atoms with Crippen molar-refractivity contribution in [2.24, 2.45) is 5.41 Å². The van der Waals surface area contributed by atoms with Gasteiger partial charge in [-0.25, -0.2) is 0 Å². The standard InChI is InChI=1S/C15H23NO3/c1-10-6-12(8-16-5)7-11(2)13(10)19-9-15(3,4)14(17)18/h6-7,16H,8-9H2,1-5H3,(H,17,18). The highest BCUT2D eigenvalue weighted by molar-refractivity contribution is 5.73. The molecule has 0 aromatic heterocycles. The Bertz CT molecular complexity index is 443. The van der Waals surface area contributed by atoms with Crippen LogP contribution in [0, 0.1) is 19.3 Å². The van der Waals surface area contributed by atoms with Gasteiger partial charge in [0.25, 0.3) is 0 Å². The fourth-order valence-corrected chi connectivity index (χ4v) is 1.89. The lowest BCUT2D eigenvalue weighted by atomic mass is 9.95. The van der Waals surface area contributed by atoms with Gasteiger partial charge in [-0.15, -0.1) is 0 Å². The van der Waals surface area contributed by atoms with Gasteiger partial charge in [0.1, 0.15) is 12.4 Å². The molecule has 1 aromatic rings. The van der Waals surface area contributed by atoms with Gasteiger partial charge < -0.3 is 15.2 Å². The lowest BCUT2D eigenvalue weighted by Crippen LogP contribution is -2.31. The Morgan fingerprint density at radius 2 is 1.84 bits per heavy atom. The van der Waals surface area contributed by atoms with Gasteiger partial charge in [0.2, 0.25) is 0 Å².